The number of rotatable bonds is 6. The van der Waals surface area contributed by atoms with Crippen LogP contribution in [0.4, 0.5) is 10.5 Å². The van der Waals surface area contributed by atoms with Crippen LogP contribution >= 0.6 is 11.8 Å². The molecule has 0 unspecified atom stereocenters. The summed E-state index contributed by atoms with van der Waals surface area (Å²) in [5.74, 6) is 0.662. The summed E-state index contributed by atoms with van der Waals surface area (Å²) in [5.41, 5.74) is 2.23. The van der Waals surface area contributed by atoms with Crippen LogP contribution in [0.25, 0.3) is 0 Å². The van der Waals surface area contributed by atoms with Crippen LogP contribution in [0.1, 0.15) is 18.1 Å². The zero-order valence-corrected chi connectivity index (χ0v) is 13.7. The normalized spacial score (nSPS) is 10.1. The molecule has 2 N–H and O–H groups in total. The Kier molecular flexibility index (Phi) is 5.94. The van der Waals surface area contributed by atoms with E-state index in [-0.39, 0.29) is 6.03 Å². The first kappa shape index (κ1) is 16.8. The molecule has 0 saturated carbocycles. The Morgan fingerprint density at radius 2 is 2.30 bits per heavy atom. The first-order valence-corrected chi connectivity index (χ1v) is 8.05. The summed E-state index contributed by atoms with van der Waals surface area (Å²) in [6, 6.07) is 7.03. The fourth-order valence-electron chi connectivity index (χ4n) is 1.89. The summed E-state index contributed by atoms with van der Waals surface area (Å²) in [6.45, 7) is 2.46. The lowest BCUT2D eigenvalue weighted by atomic mass is 10.1. The minimum Gasteiger partial charge on any atom is -0.337 e. The number of hydrogen-bond acceptors (Lipinski definition) is 6. The number of carbonyl (C=O) groups excluding carboxylic acids is 1. The number of nitriles is 1. The average Bonchev–Trinajstić information content (AvgIpc) is 2.97. The molecule has 2 rings (SSSR count). The van der Waals surface area contributed by atoms with Gasteiger partial charge < -0.3 is 10.6 Å². The minimum absolute atomic E-state index is 0.277. The number of aryl methyl sites for hydroxylation is 2. The maximum atomic E-state index is 11.9. The van der Waals surface area contributed by atoms with Gasteiger partial charge in [0.25, 0.3) is 0 Å². The van der Waals surface area contributed by atoms with Crippen LogP contribution in [0, 0.1) is 11.3 Å². The van der Waals surface area contributed by atoms with Crippen molar-refractivity contribution in [3.05, 3.63) is 29.3 Å². The second kappa shape index (κ2) is 8.14. The predicted molar refractivity (Wildman–Crippen MR) is 87.1 cm³/mol. The maximum Gasteiger partial charge on any atom is 0.319 e. The van der Waals surface area contributed by atoms with Gasteiger partial charge in [-0.15, -0.1) is 5.10 Å². The molecule has 0 aliphatic heterocycles. The standard InChI is InChI=1S/C14H17N7OS/c1-3-11-8-10(9-15)4-5-12(11)17-13(22)16-6-7-23-14-18-19-20-21(14)2/h4-5,8H,3,6-7H2,1-2H3,(H2,16,17,22). The minimum atomic E-state index is -0.277. The number of aromatic nitrogens is 4. The van der Waals surface area contributed by atoms with E-state index in [0.717, 1.165) is 12.0 Å². The van der Waals surface area contributed by atoms with Crippen molar-refractivity contribution in [1.29, 1.82) is 5.26 Å². The molecule has 8 nitrogen and oxygen atoms in total. The number of tetrazole rings is 1. The number of thioether (sulfide) groups is 1. The van der Waals surface area contributed by atoms with E-state index in [0.29, 0.717) is 28.7 Å². The zero-order chi connectivity index (χ0) is 16.7. The molecule has 1 heterocycles. The SMILES string of the molecule is CCc1cc(C#N)ccc1NC(=O)NCCSc1nnnn1C. The lowest BCUT2D eigenvalue weighted by Crippen LogP contribution is -2.30. The molecule has 0 fully saturated rings. The third kappa shape index (κ3) is 4.69. The van der Waals surface area contributed by atoms with Crippen molar-refractivity contribution >= 4 is 23.5 Å². The van der Waals surface area contributed by atoms with E-state index < -0.39 is 0 Å². The highest BCUT2D eigenvalue weighted by Crippen LogP contribution is 2.18. The van der Waals surface area contributed by atoms with Gasteiger partial charge in [0.1, 0.15) is 0 Å². The van der Waals surface area contributed by atoms with Crippen molar-refractivity contribution in [3.63, 3.8) is 0 Å². The molecule has 0 radical (unpaired) electrons. The van der Waals surface area contributed by atoms with Crippen LogP contribution < -0.4 is 10.6 Å². The molecule has 0 aliphatic rings. The number of urea groups is 1. The molecule has 0 bridgehead atoms. The van der Waals surface area contributed by atoms with Crippen molar-refractivity contribution in [2.45, 2.75) is 18.5 Å². The van der Waals surface area contributed by atoms with Crippen molar-refractivity contribution in [1.82, 2.24) is 25.5 Å². The Balaban J connectivity index is 1.81. The number of hydrogen-bond donors (Lipinski definition) is 2. The van der Waals surface area contributed by atoms with Gasteiger partial charge in [0, 0.05) is 25.0 Å². The summed E-state index contributed by atoms with van der Waals surface area (Å²) in [5, 5.41) is 26.3. The quantitative estimate of drug-likeness (QED) is 0.614. The molecular weight excluding hydrogens is 314 g/mol. The Bertz CT molecular complexity index is 722. The van der Waals surface area contributed by atoms with E-state index in [4.69, 9.17) is 5.26 Å². The van der Waals surface area contributed by atoms with Gasteiger partial charge in [-0.1, -0.05) is 18.7 Å². The molecule has 0 atom stereocenters. The lowest BCUT2D eigenvalue weighted by Gasteiger charge is -2.11. The number of nitrogens with zero attached hydrogens (tertiary/aromatic N) is 5. The number of nitrogens with one attached hydrogen (secondary N) is 2. The summed E-state index contributed by atoms with van der Waals surface area (Å²) < 4.78 is 1.58. The Morgan fingerprint density at radius 1 is 1.48 bits per heavy atom. The van der Waals surface area contributed by atoms with E-state index >= 15 is 0 Å². The molecular formula is C14H17N7OS. The third-order valence-corrected chi connectivity index (χ3v) is 4.08. The molecule has 0 aliphatic carbocycles. The fraction of sp³-hybridized carbons (Fsp3) is 0.357. The van der Waals surface area contributed by atoms with Gasteiger partial charge in [-0.3, -0.25) is 0 Å². The lowest BCUT2D eigenvalue weighted by molar-refractivity contribution is 0.252. The van der Waals surface area contributed by atoms with E-state index in [1.165, 1.54) is 11.8 Å². The van der Waals surface area contributed by atoms with Crippen LogP contribution in [-0.2, 0) is 13.5 Å². The summed E-state index contributed by atoms with van der Waals surface area (Å²) >= 11 is 1.46. The van der Waals surface area contributed by atoms with E-state index in [9.17, 15) is 4.79 Å². The molecule has 9 heteroatoms. The monoisotopic (exact) mass is 331 g/mol. The van der Waals surface area contributed by atoms with E-state index in [1.807, 2.05) is 6.92 Å². The largest absolute Gasteiger partial charge is 0.337 e. The first-order chi connectivity index (χ1) is 11.1. The molecule has 2 aromatic rings. The van der Waals surface area contributed by atoms with Gasteiger partial charge >= 0.3 is 6.03 Å². The first-order valence-electron chi connectivity index (χ1n) is 7.07. The Morgan fingerprint density at radius 3 is 2.96 bits per heavy atom. The molecule has 23 heavy (non-hydrogen) atoms. The highest BCUT2D eigenvalue weighted by Gasteiger charge is 2.07. The van der Waals surface area contributed by atoms with Gasteiger partial charge in [0.15, 0.2) is 0 Å². The molecule has 0 saturated heterocycles. The van der Waals surface area contributed by atoms with Gasteiger partial charge in [-0.05, 0) is 40.6 Å². The average molecular weight is 331 g/mol. The van der Waals surface area contributed by atoms with Crippen LogP contribution in [-0.4, -0.2) is 38.5 Å². The number of amides is 2. The van der Waals surface area contributed by atoms with Crippen LogP contribution in [0.2, 0.25) is 0 Å². The molecule has 1 aromatic heterocycles. The highest BCUT2D eigenvalue weighted by atomic mass is 32.2. The highest BCUT2D eigenvalue weighted by molar-refractivity contribution is 7.99. The third-order valence-electron chi connectivity index (χ3n) is 3.06. The fourth-order valence-corrected chi connectivity index (χ4v) is 2.60. The smallest absolute Gasteiger partial charge is 0.319 e. The van der Waals surface area contributed by atoms with Gasteiger partial charge in [0.2, 0.25) is 5.16 Å². The predicted octanol–water partition coefficient (Wildman–Crippen LogP) is 1.56. The van der Waals surface area contributed by atoms with Crippen LogP contribution in [0.3, 0.4) is 0 Å². The van der Waals surface area contributed by atoms with Crippen molar-refractivity contribution in [2.75, 3.05) is 17.6 Å². The number of anilines is 1. The topological polar surface area (TPSA) is 109 Å². The van der Waals surface area contributed by atoms with Crippen molar-refractivity contribution in [3.8, 4) is 6.07 Å². The summed E-state index contributed by atoms with van der Waals surface area (Å²) in [4.78, 5) is 11.9. The zero-order valence-electron chi connectivity index (χ0n) is 12.9. The van der Waals surface area contributed by atoms with E-state index in [1.54, 1.807) is 29.9 Å². The van der Waals surface area contributed by atoms with Gasteiger partial charge in [0.05, 0.1) is 11.6 Å². The molecule has 2 amide bonds. The van der Waals surface area contributed by atoms with Crippen LogP contribution in [0.5, 0.6) is 0 Å². The summed E-state index contributed by atoms with van der Waals surface area (Å²) in [6.07, 6.45) is 0.736. The molecule has 120 valence electrons. The Labute approximate surface area is 138 Å². The Hall–Kier alpha value is -2.60. The van der Waals surface area contributed by atoms with Crippen molar-refractivity contribution < 1.29 is 4.79 Å². The molecule has 1 aromatic carbocycles. The van der Waals surface area contributed by atoms with E-state index in [2.05, 4.69) is 32.2 Å². The van der Waals surface area contributed by atoms with Gasteiger partial charge in [-0.2, -0.15) is 5.26 Å². The second-order valence-corrected chi connectivity index (χ2v) is 5.71. The number of benzene rings is 1. The second-order valence-electron chi connectivity index (χ2n) is 4.65. The summed E-state index contributed by atoms with van der Waals surface area (Å²) in [7, 11) is 1.76. The van der Waals surface area contributed by atoms with Crippen molar-refractivity contribution in [2.24, 2.45) is 7.05 Å². The van der Waals surface area contributed by atoms with Crippen LogP contribution in [0.15, 0.2) is 23.4 Å². The number of carbonyl (C=O) groups is 1. The maximum absolute atomic E-state index is 11.9. The van der Waals surface area contributed by atoms with Gasteiger partial charge in [-0.25, -0.2) is 9.48 Å². The molecule has 0 spiro atoms.